The number of phenolic OH excluding ortho intramolecular Hbond substituents is 1. The van der Waals surface area contributed by atoms with Gasteiger partial charge in [0.25, 0.3) is 0 Å². The number of hydrogen-bond donors (Lipinski definition) is 1. The Labute approximate surface area is 371 Å². The highest BCUT2D eigenvalue weighted by Crippen LogP contribution is 2.43. The maximum absolute atomic E-state index is 10.3. The molecule has 7 aromatic rings. The maximum Gasteiger partial charge on any atom is 0.126 e. The molecule has 322 valence electrons. The number of phenols is 1. The summed E-state index contributed by atoms with van der Waals surface area (Å²) in [4.78, 5) is 0. The van der Waals surface area contributed by atoms with Crippen LogP contribution < -0.4 is 4.74 Å². The summed E-state index contributed by atoms with van der Waals surface area (Å²) < 4.78 is 42.0. The lowest BCUT2D eigenvalue weighted by Crippen LogP contribution is -2.58. The minimum Gasteiger partial charge on any atom is -0.508 e. The van der Waals surface area contributed by atoms with Crippen LogP contribution in [0.25, 0.3) is 0 Å². The lowest BCUT2D eigenvalue weighted by molar-refractivity contribution is -0.275. The second-order valence-corrected chi connectivity index (χ2v) is 16.3. The van der Waals surface area contributed by atoms with Crippen molar-refractivity contribution in [1.29, 1.82) is 0 Å². The van der Waals surface area contributed by atoms with E-state index in [1.165, 1.54) is 0 Å². The van der Waals surface area contributed by atoms with E-state index in [1.54, 1.807) is 6.07 Å². The largest absolute Gasteiger partial charge is 0.508 e. The highest BCUT2D eigenvalue weighted by atomic mass is 16.6. The predicted molar refractivity (Wildman–Crippen MR) is 246 cm³/mol. The third-order valence-corrected chi connectivity index (χ3v) is 11.6. The first-order chi connectivity index (χ1) is 31.0. The lowest BCUT2D eigenvalue weighted by atomic mass is 9.87. The van der Waals surface area contributed by atoms with Gasteiger partial charge in [-0.2, -0.15) is 0 Å². The SMILES string of the molecule is Cc1cc(O)ccc1Cc1cc([C@@H]2O[C@H](COCc3ccccc3)[C@@H](OCc3ccccc3)[C@H](OCc3ccccc3)[C@H]2OCc2ccccc2)c(OCc2ccccc2)cc1C. The molecule has 1 heterocycles. The Kier molecular flexibility index (Phi) is 15.1. The lowest BCUT2D eigenvalue weighted by Gasteiger charge is -2.46. The summed E-state index contributed by atoms with van der Waals surface area (Å²) in [6.07, 6.45) is -2.42. The van der Waals surface area contributed by atoms with Gasteiger partial charge in [0.1, 0.15) is 48.6 Å². The summed E-state index contributed by atoms with van der Waals surface area (Å²) in [5, 5.41) is 10.3. The molecule has 8 rings (SSSR count). The summed E-state index contributed by atoms with van der Waals surface area (Å²) in [6, 6.07) is 60.8. The quantitative estimate of drug-likeness (QED) is 0.0869. The van der Waals surface area contributed by atoms with Crippen molar-refractivity contribution in [3.05, 3.63) is 238 Å². The standard InChI is InChI=1S/C56H56O7/c1-40-30-49(57)29-28-47(40)32-48-33-50(51(31-41(48)2)59-35-43-20-10-4-11-21-43)53-55(61-37-45-24-14-6-15-25-45)56(62-38-46-26-16-7-17-27-46)54(60-36-44-22-12-5-13-23-44)52(63-53)39-58-34-42-18-8-3-9-19-42/h3-31,33,52-57H,32,34-39H2,1-2H3/t52-,53+,54-,55+,56+/m1/s1. The maximum atomic E-state index is 10.3. The van der Waals surface area contributed by atoms with E-state index in [-0.39, 0.29) is 12.4 Å². The van der Waals surface area contributed by atoms with Gasteiger partial charge in [-0.15, -0.1) is 0 Å². The fourth-order valence-electron chi connectivity index (χ4n) is 8.14. The van der Waals surface area contributed by atoms with Crippen LogP contribution in [0.5, 0.6) is 11.5 Å². The van der Waals surface area contributed by atoms with E-state index in [1.807, 2.05) is 110 Å². The molecule has 7 heteroatoms. The molecule has 0 aliphatic carbocycles. The Morgan fingerprint density at radius 2 is 0.921 bits per heavy atom. The summed E-state index contributed by atoms with van der Waals surface area (Å²) in [5.74, 6) is 0.952. The van der Waals surface area contributed by atoms with Gasteiger partial charge >= 0.3 is 0 Å². The van der Waals surface area contributed by atoms with Gasteiger partial charge < -0.3 is 33.5 Å². The average Bonchev–Trinajstić information content (AvgIpc) is 3.32. The average molecular weight is 841 g/mol. The van der Waals surface area contributed by atoms with E-state index in [9.17, 15) is 5.11 Å². The Morgan fingerprint density at radius 3 is 1.44 bits per heavy atom. The van der Waals surface area contributed by atoms with Crippen LogP contribution in [0.4, 0.5) is 0 Å². The molecule has 0 bridgehead atoms. The zero-order valence-electron chi connectivity index (χ0n) is 36.1. The summed E-state index contributed by atoms with van der Waals surface area (Å²) in [6.45, 7) is 6.17. The molecule has 1 saturated heterocycles. The van der Waals surface area contributed by atoms with Crippen molar-refractivity contribution >= 4 is 0 Å². The van der Waals surface area contributed by atoms with E-state index in [0.717, 1.165) is 55.6 Å². The van der Waals surface area contributed by atoms with Crippen LogP contribution in [-0.4, -0.2) is 36.1 Å². The first-order valence-corrected chi connectivity index (χ1v) is 21.8. The number of aryl methyl sites for hydroxylation is 2. The van der Waals surface area contributed by atoms with Gasteiger partial charge in [0.15, 0.2) is 0 Å². The molecular formula is C56H56O7. The van der Waals surface area contributed by atoms with Crippen molar-refractivity contribution in [1.82, 2.24) is 0 Å². The van der Waals surface area contributed by atoms with Crippen LogP contribution in [-0.2, 0) is 63.1 Å². The third kappa shape index (κ3) is 11.9. The number of aromatic hydroxyl groups is 1. The van der Waals surface area contributed by atoms with Gasteiger partial charge in [-0.3, -0.25) is 0 Å². The zero-order valence-corrected chi connectivity index (χ0v) is 36.1. The Balaban J connectivity index is 1.24. The van der Waals surface area contributed by atoms with Crippen molar-refractivity contribution in [2.75, 3.05) is 6.61 Å². The summed E-state index contributed by atoms with van der Waals surface area (Å²) in [5.41, 5.74) is 10.4. The summed E-state index contributed by atoms with van der Waals surface area (Å²) in [7, 11) is 0. The molecule has 0 amide bonds. The highest BCUT2D eigenvalue weighted by molar-refractivity contribution is 5.47. The second kappa shape index (κ2) is 21.8. The minimum atomic E-state index is -0.664. The fourth-order valence-corrected chi connectivity index (χ4v) is 8.14. The molecule has 0 unspecified atom stereocenters. The molecule has 5 atom stereocenters. The van der Waals surface area contributed by atoms with Gasteiger partial charge in [-0.1, -0.05) is 158 Å². The fraction of sp³-hybridized carbons (Fsp3) is 0.250. The smallest absolute Gasteiger partial charge is 0.126 e. The van der Waals surface area contributed by atoms with E-state index < -0.39 is 30.5 Å². The Bertz CT molecular complexity index is 2450. The van der Waals surface area contributed by atoms with Crippen molar-refractivity contribution in [3.8, 4) is 11.5 Å². The second-order valence-electron chi connectivity index (χ2n) is 16.3. The monoisotopic (exact) mass is 840 g/mol. The predicted octanol–water partition coefficient (Wildman–Crippen LogP) is 11.6. The van der Waals surface area contributed by atoms with Crippen LogP contribution in [0.3, 0.4) is 0 Å². The molecule has 7 aromatic carbocycles. The van der Waals surface area contributed by atoms with Gasteiger partial charge in [-0.05, 0) is 94.6 Å². The molecule has 1 aliphatic heterocycles. The molecule has 0 radical (unpaired) electrons. The number of rotatable bonds is 19. The van der Waals surface area contributed by atoms with Crippen LogP contribution in [0.2, 0.25) is 0 Å². The van der Waals surface area contributed by atoms with E-state index in [2.05, 4.69) is 79.7 Å². The molecule has 1 fully saturated rings. The molecule has 0 aromatic heterocycles. The Hall–Kier alpha value is -6.06. The van der Waals surface area contributed by atoms with Crippen molar-refractivity contribution in [2.45, 2.75) is 83.8 Å². The van der Waals surface area contributed by atoms with E-state index in [4.69, 9.17) is 28.4 Å². The first-order valence-electron chi connectivity index (χ1n) is 21.8. The van der Waals surface area contributed by atoms with Crippen molar-refractivity contribution in [3.63, 3.8) is 0 Å². The highest BCUT2D eigenvalue weighted by Gasteiger charge is 2.50. The van der Waals surface area contributed by atoms with Gasteiger partial charge in [0, 0.05) is 5.56 Å². The number of benzene rings is 7. The minimum absolute atomic E-state index is 0.243. The molecule has 0 saturated carbocycles. The van der Waals surface area contributed by atoms with E-state index in [0.29, 0.717) is 45.2 Å². The van der Waals surface area contributed by atoms with Gasteiger partial charge in [0.05, 0.1) is 33.0 Å². The van der Waals surface area contributed by atoms with Crippen LogP contribution >= 0.6 is 0 Å². The van der Waals surface area contributed by atoms with Gasteiger partial charge in [0.2, 0.25) is 0 Å². The Morgan fingerprint density at radius 1 is 0.460 bits per heavy atom. The van der Waals surface area contributed by atoms with Crippen molar-refractivity contribution in [2.24, 2.45) is 0 Å². The third-order valence-electron chi connectivity index (χ3n) is 11.6. The van der Waals surface area contributed by atoms with Crippen LogP contribution in [0.1, 0.15) is 61.7 Å². The molecule has 1 N–H and O–H groups in total. The number of ether oxygens (including phenoxy) is 6. The normalized spacial score (nSPS) is 18.5. The van der Waals surface area contributed by atoms with Gasteiger partial charge in [-0.25, -0.2) is 0 Å². The van der Waals surface area contributed by atoms with Crippen LogP contribution in [0.15, 0.2) is 182 Å². The molecule has 0 spiro atoms. The topological polar surface area (TPSA) is 75.6 Å². The molecule has 1 aliphatic rings. The van der Waals surface area contributed by atoms with E-state index >= 15 is 0 Å². The number of hydrogen-bond acceptors (Lipinski definition) is 7. The molecule has 63 heavy (non-hydrogen) atoms. The zero-order chi connectivity index (χ0) is 43.2. The van der Waals surface area contributed by atoms with Crippen LogP contribution in [0, 0.1) is 13.8 Å². The molecular weight excluding hydrogens is 785 g/mol. The van der Waals surface area contributed by atoms with Crippen molar-refractivity contribution < 1.29 is 33.5 Å². The summed E-state index contributed by atoms with van der Waals surface area (Å²) >= 11 is 0. The molecule has 7 nitrogen and oxygen atoms in total. The first kappa shape index (κ1) is 43.6.